The molecule has 4 rings (SSSR count). The molecule has 124 valence electrons. The standard InChI is InChI=1S/C19H23N5/c1-12-10-22-19(23-14-6-4-5-13(20)9-14)24-18(12)16-11-21-17-8-3-2-7-15(16)17/h2-3,7-8,10-11,13-14,21H,4-6,9,20H2,1H3,(H,22,23,24)/t13-,14+/m0/s1. The molecule has 0 radical (unpaired) electrons. The molecule has 1 saturated carbocycles. The Morgan fingerprint density at radius 1 is 1.25 bits per heavy atom. The van der Waals surface area contributed by atoms with E-state index in [0.717, 1.165) is 41.6 Å². The van der Waals surface area contributed by atoms with E-state index in [-0.39, 0.29) is 6.04 Å². The van der Waals surface area contributed by atoms with Crippen LogP contribution in [0.2, 0.25) is 0 Å². The molecule has 2 heterocycles. The molecule has 0 bridgehead atoms. The fraction of sp³-hybridized carbons (Fsp3) is 0.368. The number of rotatable bonds is 3. The summed E-state index contributed by atoms with van der Waals surface area (Å²) in [6.45, 7) is 2.05. The minimum absolute atomic E-state index is 0.287. The summed E-state index contributed by atoms with van der Waals surface area (Å²) < 4.78 is 0. The first-order chi connectivity index (χ1) is 11.7. The van der Waals surface area contributed by atoms with Crippen LogP contribution in [-0.2, 0) is 0 Å². The number of hydrogen-bond acceptors (Lipinski definition) is 4. The molecule has 5 heteroatoms. The molecule has 1 aliphatic rings. The predicted molar refractivity (Wildman–Crippen MR) is 97.9 cm³/mol. The van der Waals surface area contributed by atoms with Gasteiger partial charge in [-0.25, -0.2) is 9.97 Å². The Morgan fingerprint density at radius 2 is 2.12 bits per heavy atom. The van der Waals surface area contributed by atoms with Gasteiger partial charge in [0.2, 0.25) is 5.95 Å². The highest BCUT2D eigenvalue weighted by molar-refractivity contribution is 5.95. The number of aryl methyl sites for hydroxylation is 1. The minimum Gasteiger partial charge on any atom is -0.360 e. The van der Waals surface area contributed by atoms with Crippen LogP contribution in [0.3, 0.4) is 0 Å². The van der Waals surface area contributed by atoms with E-state index in [1.807, 2.05) is 18.5 Å². The van der Waals surface area contributed by atoms with Crippen LogP contribution >= 0.6 is 0 Å². The summed E-state index contributed by atoms with van der Waals surface area (Å²) in [5.41, 5.74) is 10.4. The molecule has 2 atom stereocenters. The average molecular weight is 321 g/mol. The number of para-hydroxylation sites is 1. The van der Waals surface area contributed by atoms with E-state index in [0.29, 0.717) is 12.0 Å². The maximum Gasteiger partial charge on any atom is 0.223 e. The Kier molecular flexibility index (Phi) is 3.94. The van der Waals surface area contributed by atoms with Crippen molar-refractivity contribution < 1.29 is 0 Å². The van der Waals surface area contributed by atoms with Gasteiger partial charge in [-0.15, -0.1) is 0 Å². The lowest BCUT2D eigenvalue weighted by atomic mass is 9.92. The first-order valence-electron chi connectivity index (χ1n) is 8.63. The Morgan fingerprint density at radius 3 is 3.00 bits per heavy atom. The molecule has 24 heavy (non-hydrogen) atoms. The van der Waals surface area contributed by atoms with Gasteiger partial charge in [0.1, 0.15) is 0 Å². The van der Waals surface area contributed by atoms with Crippen LogP contribution in [-0.4, -0.2) is 27.0 Å². The van der Waals surface area contributed by atoms with E-state index in [9.17, 15) is 0 Å². The molecular weight excluding hydrogens is 298 g/mol. The zero-order valence-electron chi connectivity index (χ0n) is 13.9. The largest absolute Gasteiger partial charge is 0.360 e. The Bertz CT molecular complexity index is 854. The third-order valence-electron chi connectivity index (χ3n) is 4.86. The van der Waals surface area contributed by atoms with Crippen LogP contribution in [0.1, 0.15) is 31.2 Å². The fourth-order valence-electron chi connectivity index (χ4n) is 3.59. The van der Waals surface area contributed by atoms with Crippen molar-refractivity contribution in [2.45, 2.75) is 44.7 Å². The van der Waals surface area contributed by atoms with E-state index >= 15 is 0 Å². The molecule has 0 spiro atoms. The molecule has 3 aromatic rings. The van der Waals surface area contributed by atoms with Crippen LogP contribution in [0.5, 0.6) is 0 Å². The lowest BCUT2D eigenvalue weighted by Crippen LogP contribution is -2.35. The molecule has 0 amide bonds. The molecule has 1 aliphatic carbocycles. The third kappa shape index (κ3) is 2.87. The van der Waals surface area contributed by atoms with E-state index in [1.165, 1.54) is 11.8 Å². The van der Waals surface area contributed by atoms with Gasteiger partial charge in [0.25, 0.3) is 0 Å². The summed E-state index contributed by atoms with van der Waals surface area (Å²) in [7, 11) is 0. The van der Waals surface area contributed by atoms with Crippen molar-refractivity contribution in [3.8, 4) is 11.3 Å². The number of anilines is 1. The average Bonchev–Trinajstić information content (AvgIpc) is 3.01. The second kappa shape index (κ2) is 6.24. The molecule has 1 aromatic carbocycles. The minimum atomic E-state index is 0.287. The predicted octanol–water partition coefficient (Wildman–Crippen LogP) is 3.62. The van der Waals surface area contributed by atoms with Gasteiger partial charge in [0.05, 0.1) is 5.69 Å². The smallest absolute Gasteiger partial charge is 0.223 e. The van der Waals surface area contributed by atoms with E-state index in [1.54, 1.807) is 0 Å². The van der Waals surface area contributed by atoms with Crippen molar-refractivity contribution in [1.29, 1.82) is 0 Å². The summed E-state index contributed by atoms with van der Waals surface area (Å²) in [5, 5.41) is 4.66. The number of benzene rings is 1. The number of aromatic amines is 1. The maximum atomic E-state index is 6.09. The van der Waals surface area contributed by atoms with E-state index in [4.69, 9.17) is 10.7 Å². The molecule has 1 fully saturated rings. The lowest BCUT2D eigenvalue weighted by molar-refractivity contribution is 0.408. The van der Waals surface area contributed by atoms with Gasteiger partial charge in [0.15, 0.2) is 0 Å². The number of nitrogens with zero attached hydrogens (tertiary/aromatic N) is 2. The monoisotopic (exact) mass is 321 g/mol. The van der Waals surface area contributed by atoms with Gasteiger partial charge in [-0.2, -0.15) is 0 Å². The number of nitrogens with two attached hydrogens (primary N) is 1. The third-order valence-corrected chi connectivity index (χ3v) is 4.86. The van der Waals surface area contributed by atoms with Crippen molar-refractivity contribution >= 4 is 16.9 Å². The van der Waals surface area contributed by atoms with Crippen LogP contribution < -0.4 is 11.1 Å². The Hall–Kier alpha value is -2.40. The number of aromatic nitrogens is 3. The quantitative estimate of drug-likeness (QED) is 0.688. The molecule has 4 N–H and O–H groups in total. The zero-order valence-corrected chi connectivity index (χ0v) is 13.9. The Labute approximate surface area is 141 Å². The van der Waals surface area contributed by atoms with Gasteiger partial charge in [-0.05, 0) is 44.2 Å². The number of H-pyrrole nitrogens is 1. The second-order valence-corrected chi connectivity index (χ2v) is 6.74. The second-order valence-electron chi connectivity index (χ2n) is 6.74. The van der Waals surface area contributed by atoms with Crippen molar-refractivity contribution in [2.75, 3.05) is 5.32 Å². The summed E-state index contributed by atoms with van der Waals surface area (Å²) in [4.78, 5) is 12.6. The van der Waals surface area contributed by atoms with Gasteiger partial charge in [-0.1, -0.05) is 18.2 Å². The van der Waals surface area contributed by atoms with Gasteiger partial charge >= 0.3 is 0 Å². The van der Waals surface area contributed by atoms with Crippen molar-refractivity contribution in [3.63, 3.8) is 0 Å². The number of fused-ring (bicyclic) bond motifs is 1. The summed E-state index contributed by atoms with van der Waals surface area (Å²) in [6, 6.07) is 8.95. The van der Waals surface area contributed by atoms with Crippen molar-refractivity contribution in [3.05, 3.63) is 42.2 Å². The number of nitrogens with one attached hydrogen (secondary N) is 2. The molecule has 2 aromatic heterocycles. The van der Waals surface area contributed by atoms with E-state index < -0.39 is 0 Å². The Balaban J connectivity index is 1.66. The van der Waals surface area contributed by atoms with Crippen LogP contribution in [0.25, 0.3) is 22.2 Å². The molecule has 0 aliphatic heterocycles. The molecule has 0 saturated heterocycles. The van der Waals surface area contributed by atoms with Gasteiger partial charge < -0.3 is 16.0 Å². The molecule has 0 unspecified atom stereocenters. The molecule has 5 nitrogen and oxygen atoms in total. The topological polar surface area (TPSA) is 79.6 Å². The van der Waals surface area contributed by atoms with Crippen LogP contribution in [0.15, 0.2) is 36.7 Å². The van der Waals surface area contributed by atoms with E-state index in [2.05, 4.69) is 40.4 Å². The summed E-state index contributed by atoms with van der Waals surface area (Å²) in [6.07, 6.45) is 8.33. The lowest BCUT2D eigenvalue weighted by Gasteiger charge is -2.27. The highest BCUT2D eigenvalue weighted by Crippen LogP contribution is 2.30. The first-order valence-corrected chi connectivity index (χ1v) is 8.63. The fourth-order valence-corrected chi connectivity index (χ4v) is 3.59. The highest BCUT2D eigenvalue weighted by Gasteiger charge is 2.20. The summed E-state index contributed by atoms with van der Waals surface area (Å²) >= 11 is 0. The van der Waals surface area contributed by atoms with Crippen LogP contribution in [0.4, 0.5) is 5.95 Å². The first kappa shape index (κ1) is 15.1. The van der Waals surface area contributed by atoms with Gasteiger partial charge in [0, 0.05) is 40.9 Å². The SMILES string of the molecule is Cc1cnc(N[C@@H]2CCC[C@H](N)C2)nc1-c1c[nH]c2ccccc12. The van der Waals surface area contributed by atoms with Crippen molar-refractivity contribution in [1.82, 2.24) is 15.0 Å². The van der Waals surface area contributed by atoms with Gasteiger partial charge in [-0.3, -0.25) is 0 Å². The maximum absolute atomic E-state index is 6.09. The summed E-state index contributed by atoms with van der Waals surface area (Å²) in [5.74, 6) is 0.694. The zero-order chi connectivity index (χ0) is 16.5. The normalized spacial score (nSPS) is 21.1. The number of hydrogen-bond donors (Lipinski definition) is 3. The highest BCUT2D eigenvalue weighted by atomic mass is 15.1. The van der Waals surface area contributed by atoms with Crippen molar-refractivity contribution in [2.24, 2.45) is 5.73 Å². The van der Waals surface area contributed by atoms with Crippen LogP contribution in [0, 0.1) is 6.92 Å². The molecular formula is C19H23N5.